The van der Waals surface area contributed by atoms with Crippen LogP contribution < -0.4 is 0 Å². The van der Waals surface area contributed by atoms with Gasteiger partial charge in [-0.3, -0.25) is 4.79 Å². The minimum atomic E-state index is 0.152. The molecule has 0 amide bonds. The Balaban J connectivity index is 2.62. The van der Waals surface area contributed by atoms with Crippen molar-refractivity contribution in [2.75, 3.05) is 0 Å². The first kappa shape index (κ1) is 11.9. The van der Waals surface area contributed by atoms with Gasteiger partial charge in [-0.2, -0.15) is 0 Å². The van der Waals surface area contributed by atoms with Crippen molar-refractivity contribution in [1.82, 2.24) is 4.57 Å². The molecule has 0 aliphatic rings. The fourth-order valence-corrected chi connectivity index (χ4v) is 2.31. The Labute approximate surface area is 102 Å². The van der Waals surface area contributed by atoms with Gasteiger partial charge in [0.2, 0.25) is 0 Å². The maximum atomic E-state index is 11.7. The molecular formula is C15H19NO. The zero-order valence-corrected chi connectivity index (χ0v) is 10.8. The first-order valence-corrected chi connectivity index (χ1v) is 6.24. The number of fused-ring (bicyclic) bond motifs is 1. The summed E-state index contributed by atoms with van der Waals surface area (Å²) in [6, 6.07) is 6.23. The lowest BCUT2D eigenvalue weighted by atomic mass is 10.1. The number of nitrogens with zero attached hydrogens (tertiary/aromatic N) is 1. The molecule has 0 aliphatic heterocycles. The monoisotopic (exact) mass is 229 g/mol. The number of rotatable bonds is 4. The second kappa shape index (κ2) is 4.74. The van der Waals surface area contributed by atoms with Crippen LogP contribution in [0, 0.1) is 6.92 Å². The van der Waals surface area contributed by atoms with Crippen molar-refractivity contribution in [3.63, 3.8) is 0 Å². The number of aromatic nitrogens is 1. The average molecular weight is 229 g/mol. The standard InChI is InChI=1S/C15H19NO/c1-4-5-9-16-10-13(12(3)17)15-11(2)7-6-8-14(15)16/h6-8,10H,4-5,9H2,1-3H3. The number of hydrogen-bond acceptors (Lipinski definition) is 1. The molecule has 0 saturated carbocycles. The number of carbonyl (C=O) groups is 1. The molecule has 2 nitrogen and oxygen atoms in total. The van der Waals surface area contributed by atoms with Gasteiger partial charge in [0.15, 0.2) is 5.78 Å². The molecule has 1 heterocycles. The van der Waals surface area contributed by atoms with Gasteiger partial charge in [-0.25, -0.2) is 0 Å². The molecule has 1 aromatic heterocycles. The lowest BCUT2D eigenvalue weighted by Gasteiger charge is -2.04. The van der Waals surface area contributed by atoms with Crippen LogP contribution >= 0.6 is 0 Å². The molecule has 2 rings (SSSR count). The van der Waals surface area contributed by atoms with E-state index in [2.05, 4.69) is 36.6 Å². The van der Waals surface area contributed by atoms with Crippen LogP contribution in [0.1, 0.15) is 42.6 Å². The number of aryl methyl sites for hydroxylation is 2. The number of unbranched alkanes of at least 4 members (excludes halogenated alkanes) is 1. The minimum Gasteiger partial charge on any atom is -0.347 e. The van der Waals surface area contributed by atoms with Crippen LogP contribution in [-0.2, 0) is 6.54 Å². The Kier molecular flexibility index (Phi) is 3.32. The van der Waals surface area contributed by atoms with Gasteiger partial charge in [0.05, 0.1) is 0 Å². The number of hydrogen-bond donors (Lipinski definition) is 0. The summed E-state index contributed by atoms with van der Waals surface area (Å²) in [4.78, 5) is 11.7. The van der Waals surface area contributed by atoms with E-state index in [1.54, 1.807) is 6.92 Å². The molecule has 2 heteroatoms. The smallest absolute Gasteiger partial charge is 0.161 e. The van der Waals surface area contributed by atoms with E-state index >= 15 is 0 Å². The van der Waals surface area contributed by atoms with E-state index in [-0.39, 0.29) is 5.78 Å². The van der Waals surface area contributed by atoms with E-state index in [9.17, 15) is 4.79 Å². The lowest BCUT2D eigenvalue weighted by molar-refractivity contribution is 0.101. The van der Waals surface area contributed by atoms with Gasteiger partial charge in [0.25, 0.3) is 0 Å². The molecule has 0 aliphatic carbocycles. The summed E-state index contributed by atoms with van der Waals surface area (Å²) in [6.07, 6.45) is 4.33. The fourth-order valence-electron chi connectivity index (χ4n) is 2.31. The van der Waals surface area contributed by atoms with Gasteiger partial charge in [-0.1, -0.05) is 25.5 Å². The second-order valence-electron chi connectivity index (χ2n) is 4.61. The predicted molar refractivity (Wildman–Crippen MR) is 71.6 cm³/mol. The molecule has 0 fully saturated rings. The van der Waals surface area contributed by atoms with Crippen LogP contribution in [0.3, 0.4) is 0 Å². The maximum Gasteiger partial charge on any atom is 0.161 e. The molecule has 17 heavy (non-hydrogen) atoms. The predicted octanol–water partition coefficient (Wildman–Crippen LogP) is 3.95. The number of Topliss-reactive ketones (excluding diaryl/α,β-unsaturated/α-hetero) is 1. The van der Waals surface area contributed by atoms with Gasteiger partial charge in [0.1, 0.15) is 0 Å². The Morgan fingerprint density at radius 3 is 2.76 bits per heavy atom. The van der Waals surface area contributed by atoms with E-state index in [0.717, 1.165) is 23.9 Å². The largest absolute Gasteiger partial charge is 0.347 e. The molecule has 2 aromatic rings. The normalized spacial score (nSPS) is 11.0. The topological polar surface area (TPSA) is 22.0 Å². The number of carbonyl (C=O) groups excluding carboxylic acids is 1. The molecule has 0 radical (unpaired) electrons. The molecular weight excluding hydrogens is 210 g/mol. The van der Waals surface area contributed by atoms with Gasteiger partial charge >= 0.3 is 0 Å². The summed E-state index contributed by atoms with van der Waals surface area (Å²) >= 11 is 0. The summed E-state index contributed by atoms with van der Waals surface area (Å²) in [5.41, 5.74) is 3.22. The molecule has 0 atom stereocenters. The Bertz CT molecular complexity index is 551. The summed E-state index contributed by atoms with van der Waals surface area (Å²) < 4.78 is 2.21. The molecule has 0 N–H and O–H groups in total. The third kappa shape index (κ3) is 2.12. The Morgan fingerprint density at radius 2 is 2.12 bits per heavy atom. The highest BCUT2D eigenvalue weighted by Gasteiger charge is 2.13. The van der Waals surface area contributed by atoms with Crippen molar-refractivity contribution in [2.24, 2.45) is 0 Å². The minimum absolute atomic E-state index is 0.152. The third-order valence-corrected chi connectivity index (χ3v) is 3.25. The SMILES string of the molecule is CCCCn1cc(C(C)=O)c2c(C)cccc21. The van der Waals surface area contributed by atoms with E-state index < -0.39 is 0 Å². The van der Waals surface area contributed by atoms with Crippen LogP contribution in [0.4, 0.5) is 0 Å². The first-order valence-electron chi connectivity index (χ1n) is 6.24. The van der Waals surface area contributed by atoms with Crippen molar-refractivity contribution in [3.05, 3.63) is 35.5 Å². The molecule has 0 unspecified atom stereocenters. The van der Waals surface area contributed by atoms with Crippen molar-refractivity contribution < 1.29 is 4.79 Å². The number of ketones is 1. The van der Waals surface area contributed by atoms with Gasteiger partial charge in [-0.05, 0) is 31.9 Å². The van der Waals surface area contributed by atoms with Crippen LogP contribution in [0.2, 0.25) is 0 Å². The lowest BCUT2D eigenvalue weighted by Crippen LogP contribution is -1.95. The molecule has 1 aromatic carbocycles. The van der Waals surface area contributed by atoms with Crippen LogP contribution in [0.25, 0.3) is 10.9 Å². The van der Waals surface area contributed by atoms with E-state index in [1.165, 1.54) is 17.5 Å². The van der Waals surface area contributed by atoms with E-state index in [4.69, 9.17) is 0 Å². The molecule has 0 spiro atoms. The number of benzene rings is 1. The molecule has 0 bridgehead atoms. The Morgan fingerprint density at radius 1 is 1.35 bits per heavy atom. The zero-order valence-electron chi connectivity index (χ0n) is 10.8. The van der Waals surface area contributed by atoms with Crippen molar-refractivity contribution in [1.29, 1.82) is 0 Å². The summed E-state index contributed by atoms with van der Waals surface area (Å²) in [5.74, 6) is 0.152. The summed E-state index contributed by atoms with van der Waals surface area (Å²) in [5, 5.41) is 1.12. The van der Waals surface area contributed by atoms with E-state index in [0.29, 0.717) is 0 Å². The van der Waals surface area contributed by atoms with Crippen LogP contribution in [0.5, 0.6) is 0 Å². The molecule has 0 saturated heterocycles. The third-order valence-electron chi connectivity index (χ3n) is 3.25. The zero-order chi connectivity index (χ0) is 12.4. The molecule has 90 valence electrons. The van der Waals surface area contributed by atoms with Crippen LogP contribution in [-0.4, -0.2) is 10.4 Å². The maximum absolute atomic E-state index is 11.7. The highest BCUT2D eigenvalue weighted by molar-refractivity contribution is 6.08. The highest BCUT2D eigenvalue weighted by atomic mass is 16.1. The van der Waals surface area contributed by atoms with Gasteiger partial charge in [0, 0.05) is 29.2 Å². The van der Waals surface area contributed by atoms with Crippen molar-refractivity contribution in [2.45, 2.75) is 40.2 Å². The highest BCUT2D eigenvalue weighted by Crippen LogP contribution is 2.25. The summed E-state index contributed by atoms with van der Waals surface area (Å²) in [7, 11) is 0. The first-order chi connectivity index (χ1) is 8.15. The van der Waals surface area contributed by atoms with E-state index in [1.807, 2.05) is 6.20 Å². The van der Waals surface area contributed by atoms with Crippen molar-refractivity contribution in [3.8, 4) is 0 Å². The quantitative estimate of drug-likeness (QED) is 0.727. The fraction of sp³-hybridized carbons (Fsp3) is 0.400. The van der Waals surface area contributed by atoms with Crippen molar-refractivity contribution >= 4 is 16.7 Å². The summed E-state index contributed by atoms with van der Waals surface area (Å²) in [6.45, 7) is 6.89. The van der Waals surface area contributed by atoms with Gasteiger partial charge in [-0.15, -0.1) is 0 Å². The Hall–Kier alpha value is -1.57. The van der Waals surface area contributed by atoms with Gasteiger partial charge < -0.3 is 4.57 Å². The average Bonchev–Trinajstić information content (AvgIpc) is 2.67. The van der Waals surface area contributed by atoms with Crippen LogP contribution in [0.15, 0.2) is 24.4 Å². The second-order valence-corrected chi connectivity index (χ2v) is 4.61.